The zero-order valence-corrected chi connectivity index (χ0v) is 7.65. The van der Waals surface area contributed by atoms with Gasteiger partial charge in [0.05, 0.1) is 5.56 Å². The molecule has 3 heteroatoms. The first-order chi connectivity index (χ1) is 6.16. The van der Waals surface area contributed by atoms with E-state index in [0.29, 0.717) is 5.56 Å². The van der Waals surface area contributed by atoms with Crippen molar-refractivity contribution in [2.75, 3.05) is 0 Å². The van der Waals surface area contributed by atoms with Gasteiger partial charge >= 0.3 is 5.97 Å². The van der Waals surface area contributed by atoms with E-state index in [1.54, 1.807) is 12.1 Å². The number of hydrogen-bond donors (Lipinski definition) is 1. The van der Waals surface area contributed by atoms with Crippen LogP contribution in [0.3, 0.4) is 0 Å². The van der Waals surface area contributed by atoms with E-state index in [9.17, 15) is 4.79 Å². The summed E-state index contributed by atoms with van der Waals surface area (Å²) >= 11 is 0. The van der Waals surface area contributed by atoms with Crippen molar-refractivity contribution >= 4 is 5.97 Å². The van der Waals surface area contributed by atoms with Gasteiger partial charge in [0, 0.05) is 0 Å². The van der Waals surface area contributed by atoms with Crippen LogP contribution in [0, 0.1) is 0 Å². The molecule has 1 aromatic carbocycles. The molecule has 0 bridgehead atoms. The van der Waals surface area contributed by atoms with E-state index in [1.807, 2.05) is 26.0 Å². The van der Waals surface area contributed by atoms with Crippen LogP contribution in [0.15, 0.2) is 24.3 Å². The molecule has 0 fully saturated rings. The molecular formula is C10H12O3. The average Bonchev–Trinajstić information content (AvgIpc) is 2.16. The Balaban J connectivity index is 3.12. The number of benzene rings is 1. The molecule has 13 heavy (non-hydrogen) atoms. The highest BCUT2D eigenvalue weighted by Crippen LogP contribution is 2.19. The van der Waals surface area contributed by atoms with Gasteiger partial charge in [0.2, 0.25) is 0 Å². The number of hydrogen-bond acceptors (Lipinski definition) is 3. The molecule has 70 valence electrons. The van der Waals surface area contributed by atoms with Gasteiger partial charge in [0.25, 0.3) is 0 Å². The summed E-state index contributed by atoms with van der Waals surface area (Å²) in [5, 5.41) is 8.24. The molecule has 0 radical (unpaired) electrons. The quantitative estimate of drug-likeness (QED) is 0.561. The van der Waals surface area contributed by atoms with Gasteiger partial charge in [-0.3, -0.25) is 4.89 Å². The van der Waals surface area contributed by atoms with Gasteiger partial charge in [-0.15, -0.1) is 0 Å². The predicted octanol–water partition coefficient (Wildman–Crippen LogP) is 2.44. The van der Waals surface area contributed by atoms with Crippen LogP contribution in [0.25, 0.3) is 0 Å². The zero-order chi connectivity index (χ0) is 9.84. The first-order valence-electron chi connectivity index (χ1n) is 4.11. The van der Waals surface area contributed by atoms with E-state index >= 15 is 0 Å². The van der Waals surface area contributed by atoms with Gasteiger partial charge in [-0.25, -0.2) is 4.79 Å². The van der Waals surface area contributed by atoms with E-state index in [4.69, 9.17) is 5.26 Å². The number of carbonyl (C=O) groups is 1. The molecule has 1 rings (SSSR count). The fourth-order valence-electron chi connectivity index (χ4n) is 1.24. The molecule has 1 aromatic rings. The van der Waals surface area contributed by atoms with Crippen molar-refractivity contribution < 1.29 is 14.9 Å². The summed E-state index contributed by atoms with van der Waals surface area (Å²) < 4.78 is 0. The van der Waals surface area contributed by atoms with Crippen LogP contribution in [-0.2, 0) is 4.89 Å². The van der Waals surface area contributed by atoms with Crippen molar-refractivity contribution in [1.29, 1.82) is 0 Å². The molecule has 0 unspecified atom stereocenters. The zero-order valence-electron chi connectivity index (χ0n) is 7.65. The van der Waals surface area contributed by atoms with Crippen LogP contribution < -0.4 is 0 Å². The SMILES string of the molecule is CC(C)c1ccccc1C(=O)OO. The normalized spacial score (nSPS) is 10.2. The first kappa shape index (κ1) is 9.74. The third-order valence-electron chi connectivity index (χ3n) is 1.89. The molecule has 0 aromatic heterocycles. The third-order valence-corrected chi connectivity index (χ3v) is 1.89. The summed E-state index contributed by atoms with van der Waals surface area (Å²) in [7, 11) is 0. The minimum absolute atomic E-state index is 0.232. The maximum Gasteiger partial charge on any atom is 0.373 e. The largest absolute Gasteiger partial charge is 0.373 e. The predicted molar refractivity (Wildman–Crippen MR) is 48.6 cm³/mol. The lowest BCUT2D eigenvalue weighted by molar-refractivity contribution is -0.182. The Morgan fingerprint density at radius 2 is 2.00 bits per heavy atom. The van der Waals surface area contributed by atoms with Gasteiger partial charge in [-0.05, 0) is 17.5 Å². The van der Waals surface area contributed by atoms with Gasteiger partial charge in [-0.2, -0.15) is 5.26 Å². The lowest BCUT2D eigenvalue weighted by Gasteiger charge is -2.08. The average molecular weight is 180 g/mol. The lowest BCUT2D eigenvalue weighted by Crippen LogP contribution is -2.06. The topological polar surface area (TPSA) is 46.5 Å². The van der Waals surface area contributed by atoms with E-state index in [1.165, 1.54) is 0 Å². The van der Waals surface area contributed by atoms with Crippen LogP contribution in [0.1, 0.15) is 35.7 Å². The molecule has 0 aliphatic rings. The molecule has 0 heterocycles. The number of rotatable bonds is 2. The molecular weight excluding hydrogens is 168 g/mol. The number of carbonyl (C=O) groups excluding carboxylic acids is 1. The summed E-state index contributed by atoms with van der Waals surface area (Å²) in [5.41, 5.74) is 1.29. The molecule has 3 nitrogen and oxygen atoms in total. The van der Waals surface area contributed by atoms with E-state index in [-0.39, 0.29) is 5.92 Å². The molecule has 0 aliphatic carbocycles. The van der Waals surface area contributed by atoms with E-state index < -0.39 is 5.97 Å². The summed E-state index contributed by atoms with van der Waals surface area (Å²) in [6, 6.07) is 7.06. The highest BCUT2D eigenvalue weighted by molar-refractivity contribution is 5.90. The molecule has 0 aliphatic heterocycles. The minimum Gasteiger partial charge on any atom is -0.295 e. The molecule has 0 saturated carbocycles. The van der Waals surface area contributed by atoms with Crippen molar-refractivity contribution in [3.63, 3.8) is 0 Å². The highest BCUT2D eigenvalue weighted by Gasteiger charge is 2.13. The lowest BCUT2D eigenvalue weighted by atomic mass is 9.97. The maximum atomic E-state index is 11.1. The fraction of sp³-hybridized carbons (Fsp3) is 0.300. The van der Waals surface area contributed by atoms with Crippen LogP contribution in [0.4, 0.5) is 0 Å². The molecule has 0 amide bonds. The van der Waals surface area contributed by atoms with Gasteiger partial charge in [0.1, 0.15) is 0 Å². The van der Waals surface area contributed by atoms with E-state index in [2.05, 4.69) is 4.89 Å². The van der Waals surface area contributed by atoms with Crippen LogP contribution in [-0.4, -0.2) is 11.2 Å². The Morgan fingerprint density at radius 1 is 1.38 bits per heavy atom. The highest BCUT2D eigenvalue weighted by atomic mass is 17.1. The summed E-state index contributed by atoms with van der Waals surface area (Å²) in [6.45, 7) is 3.95. The first-order valence-corrected chi connectivity index (χ1v) is 4.11. The fourth-order valence-corrected chi connectivity index (χ4v) is 1.24. The van der Waals surface area contributed by atoms with Gasteiger partial charge < -0.3 is 0 Å². The summed E-state index contributed by atoms with van der Waals surface area (Å²) in [5.74, 6) is -0.473. The Kier molecular flexibility index (Phi) is 3.03. The van der Waals surface area contributed by atoms with Gasteiger partial charge in [0.15, 0.2) is 0 Å². The van der Waals surface area contributed by atoms with Crippen LogP contribution in [0.2, 0.25) is 0 Å². The second kappa shape index (κ2) is 4.05. The Labute approximate surface area is 76.9 Å². The Hall–Kier alpha value is -1.35. The Morgan fingerprint density at radius 3 is 2.54 bits per heavy atom. The Bertz CT molecular complexity index is 305. The smallest absolute Gasteiger partial charge is 0.295 e. The van der Waals surface area contributed by atoms with Crippen molar-refractivity contribution in [3.8, 4) is 0 Å². The maximum absolute atomic E-state index is 11.1. The van der Waals surface area contributed by atoms with Crippen molar-refractivity contribution in [2.24, 2.45) is 0 Å². The molecule has 0 saturated heterocycles. The monoisotopic (exact) mass is 180 g/mol. The van der Waals surface area contributed by atoms with E-state index in [0.717, 1.165) is 5.56 Å². The summed E-state index contributed by atoms with van der Waals surface area (Å²) in [4.78, 5) is 14.8. The minimum atomic E-state index is -0.704. The van der Waals surface area contributed by atoms with Crippen molar-refractivity contribution in [2.45, 2.75) is 19.8 Å². The van der Waals surface area contributed by atoms with Crippen molar-refractivity contribution in [1.82, 2.24) is 0 Å². The molecule has 0 atom stereocenters. The van der Waals surface area contributed by atoms with Crippen LogP contribution in [0.5, 0.6) is 0 Å². The molecule has 1 N–H and O–H groups in total. The molecule has 0 spiro atoms. The summed E-state index contributed by atoms with van der Waals surface area (Å²) in [6.07, 6.45) is 0. The van der Waals surface area contributed by atoms with Gasteiger partial charge in [-0.1, -0.05) is 32.0 Å². The standard InChI is InChI=1S/C10H12O3/c1-7(2)8-5-3-4-6-9(8)10(11)13-12/h3-7,12H,1-2H3. The second-order valence-corrected chi connectivity index (χ2v) is 3.12. The second-order valence-electron chi connectivity index (χ2n) is 3.12. The van der Waals surface area contributed by atoms with Crippen molar-refractivity contribution in [3.05, 3.63) is 35.4 Å². The third kappa shape index (κ3) is 2.06. The van der Waals surface area contributed by atoms with Crippen LogP contribution >= 0.6 is 0 Å².